The van der Waals surface area contributed by atoms with Gasteiger partial charge < -0.3 is 24.4 Å². The Balaban J connectivity index is 1.15. The van der Waals surface area contributed by atoms with Gasteiger partial charge in [0.1, 0.15) is 13.2 Å². The lowest BCUT2D eigenvalue weighted by Gasteiger charge is -2.38. The first-order chi connectivity index (χ1) is 16.8. The highest BCUT2D eigenvalue weighted by molar-refractivity contribution is 5.95. The molecule has 1 aliphatic carbocycles. The summed E-state index contributed by atoms with van der Waals surface area (Å²) < 4.78 is 10.4. The van der Waals surface area contributed by atoms with E-state index in [2.05, 4.69) is 4.90 Å². The summed E-state index contributed by atoms with van der Waals surface area (Å²) in [5, 5.41) is 11.0. The van der Waals surface area contributed by atoms with E-state index in [-0.39, 0.29) is 37.1 Å². The molecule has 1 N–H and O–H groups in total. The highest BCUT2D eigenvalue weighted by Gasteiger charge is 2.57. The molecule has 1 spiro atoms. The number of esters is 2. The molecule has 1 saturated carbocycles. The van der Waals surface area contributed by atoms with Crippen molar-refractivity contribution < 1.29 is 29.0 Å². The number of carbonyl (C=O) groups excluding carboxylic acids is 3. The minimum absolute atomic E-state index is 0.154. The SMILES string of the molecule is CC1=C(N2C(=O)C3(CCN(C[C@@H](O)c4ccc5c(c4C)COC5=O)CC3)CC2C2CC2)COC1=O. The van der Waals surface area contributed by atoms with E-state index >= 15 is 0 Å². The number of benzene rings is 1. The summed E-state index contributed by atoms with van der Waals surface area (Å²) in [5.74, 6) is 0.0591. The zero-order chi connectivity index (χ0) is 24.5. The van der Waals surface area contributed by atoms with Gasteiger partial charge in [0.05, 0.1) is 28.4 Å². The van der Waals surface area contributed by atoms with Gasteiger partial charge in [0.25, 0.3) is 0 Å². The van der Waals surface area contributed by atoms with Gasteiger partial charge in [0.2, 0.25) is 5.91 Å². The van der Waals surface area contributed by atoms with Crippen molar-refractivity contribution >= 4 is 17.8 Å². The number of carbonyl (C=O) groups is 3. The molecule has 1 aromatic carbocycles. The second-order valence-corrected chi connectivity index (χ2v) is 10.9. The number of piperidine rings is 1. The molecular weight excluding hydrogens is 448 g/mol. The van der Waals surface area contributed by atoms with Crippen LogP contribution in [-0.2, 0) is 25.7 Å². The van der Waals surface area contributed by atoms with E-state index in [0.29, 0.717) is 23.6 Å². The number of amides is 1. The van der Waals surface area contributed by atoms with Gasteiger partial charge in [-0.2, -0.15) is 0 Å². The maximum Gasteiger partial charge on any atom is 0.338 e. The van der Waals surface area contributed by atoms with Crippen LogP contribution < -0.4 is 0 Å². The lowest BCUT2D eigenvalue weighted by atomic mass is 9.75. The molecule has 0 aromatic heterocycles. The topological polar surface area (TPSA) is 96.4 Å². The summed E-state index contributed by atoms with van der Waals surface area (Å²) >= 11 is 0. The Morgan fingerprint density at radius 3 is 2.43 bits per heavy atom. The average molecular weight is 481 g/mol. The van der Waals surface area contributed by atoms with E-state index in [1.54, 1.807) is 13.0 Å². The number of β-amino-alcohol motifs (C(OH)–C–C–N with tert-alkyl or cyclic N) is 1. The number of likely N-dealkylation sites (tertiary alicyclic amines) is 2. The number of aliphatic hydroxyl groups excluding tert-OH is 1. The van der Waals surface area contributed by atoms with Gasteiger partial charge in [-0.1, -0.05) is 6.07 Å². The Labute approximate surface area is 204 Å². The van der Waals surface area contributed by atoms with Crippen molar-refractivity contribution in [2.75, 3.05) is 26.2 Å². The Morgan fingerprint density at radius 1 is 1.06 bits per heavy atom. The second kappa shape index (κ2) is 8.17. The normalized spacial score (nSPS) is 27.0. The Hall–Kier alpha value is -2.71. The molecule has 2 atom stereocenters. The van der Waals surface area contributed by atoms with Crippen LogP contribution in [0.5, 0.6) is 0 Å². The smallest absolute Gasteiger partial charge is 0.338 e. The van der Waals surface area contributed by atoms with Crippen LogP contribution in [0.15, 0.2) is 23.4 Å². The first-order valence-corrected chi connectivity index (χ1v) is 12.7. The van der Waals surface area contributed by atoms with E-state index in [0.717, 1.165) is 67.6 Å². The highest BCUT2D eigenvalue weighted by Crippen LogP contribution is 2.53. The fourth-order valence-electron chi connectivity index (χ4n) is 6.54. The van der Waals surface area contributed by atoms with Gasteiger partial charge >= 0.3 is 11.9 Å². The van der Waals surface area contributed by atoms with Crippen LogP contribution in [-0.4, -0.2) is 65.0 Å². The largest absolute Gasteiger partial charge is 0.457 e. The summed E-state index contributed by atoms with van der Waals surface area (Å²) in [4.78, 5) is 41.8. The number of fused-ring (bicyclic) bond motifs is 1. The maximum absolute atomic E-state index is 13.8. The molecule has 1 amide bonds. The van der Waals surface area contributed by atoms with Crippen molar-refractivity contribution in [3.05, 3.63) is 45.7 Å². The number of rotatable bonds is 5. The third-order valence-electron chi connectivity index (χ3n) is 8.95. The maximum atomic E-state index is 13.8. The zero-order valence-electron chi connectivity index (χ0n) is 20.3. The van der Waals surface area contributed by atoms with Crippen LogP contribution in [0.3, 0.4) is 0 Å². The Bertz CT molecular complexity index is 1140. The molecule has 8 heteroatoms. The van der Waals surface area contributed by atoms with E-state index < -0.39 is 11.5 Å². The van der Waals surface area contributed by atoms with Gasteiger partial charge in [0.15, 0.2) is 0 Å². The zero-order valence-corrected chi connectivity index (χ0v) is 20.3. The van der Waals surface area contributed by atoms with Gasteiger partial charge in [-0.3, -0.25) is 4.79 Å². The van der Waals surface area contributed by atoms with Gasteiger partial charge in [-0.25, -0.2) is 9.59 Å². The monoisotopic (exact) mass is 480 g/mol. The van der Waals surface area contributed by atoms with Gasteiger partial charge in [-0.15, -0.1) is 0 Å². The van der Waals surface area contributed by atoms with E-state index in [1.807, 2.05) is 17.9 Å². The minimum atomic E-state index is -0.672. The molecule has 4 aliphatic heterocycles. The molecular formula is C27H32N2O6. The summed E-state index contributed by atoms with van der Waals surface area (Å²) in [7, 11) is 0. The molecule has 5 aliphatic rings. The molecule has 6 rings (SSSR count). The van der Waals surface area contributed by atoms with E-state index in [9.17, 15) is 19.5 Å². The molecule has 8 nitrogen and oxygen atoms in total. The standard InChI is InChI=1S/C27H32N2O6/c1-15-18(5-6-19-20(15)13-34-25(19)32)23(30)12-28-9-7-27(8-10-28)11-21(17-3-4-17)29(26(27)33)22-14-35-24(31)16(22)2/h5-6,17,21,23,30H,3-4,7-14H2,1-2H3/t21?,23-/m1/s1. The predicted molar refractivity (Wildman–Crippen MR) is 125 cm³/mol. The van der Waals surface area contributed by atoms with Gasteiger partial charge in [0, 0.05) is 18.2 Å². The molecule has 3 fully saturated rings. The van der Waals surface area contributed by atoms with Crippen LogP contribution in [0.1, 0.15) is 72.2 Å². The van der Waals surface area contributed by atoms with Crippen LogP contribution in [0.25, 0.3) is 0 Å². The van der Waals surface area contributed by atoms with Crippen molar-refractivity contribution in [3.8, 4) is 0 Å². The first kappa shape index (κ1) is 22.7. The summed E-state index contributed by atoms with van der Waals surface area (Å²) in [6.07, 6.45) is 3.96. The van der Waals surface area contributed by atoms with Crippen molar-refractivity contribution in [2.24, 2.45) is 11.3 Å². The van der Waals surface area contributed by atoms with Crippen molar-refractivity contribution in [1.29, 1.82) is 0 Å². The molecule has 1 aromatic rings. The highest BCUT2D eigenvalue weighted by atomic mass is 16.5. The van der Waals surface area contributed by atoms with Crippen molar-refractivity contribution in [2.45, 2.75) is 64.7 Å². The third kappa shape index (κ3) is 3.61. The Kier molecular flexibility index (Phi) is 5.30. The first-order valence-electron chi connectivity index (χ1n) is 12.7. The predicted octanol–water partition coefficient (Wildman–Crippen LogP) is 2.62. The van der Waals surface area contributed by atoms with Crippen LogP contribution in [0, 0.1) is 18.3 Å². The number of aliphatic hydroxyl groups is 1. The number of nitrogens with zero attached hydrogens (tertiary/aromatic N) is 2. The number of ether oxygens (including phenoxy) is 2. The van der Waals surface area contributed by atoms with Gasteiger partial charge in [-0.05, 0) is 82.2 Å². The summed E-state index contributed by atoms with van der Waals surface area (Å²) in [5.41, 5.74) is 4.14. The Morgan fingerprint density at radius 2 is 1.77 bits per heavy atom. The van der Waals surface area contributed by atoms with Crippen molar-refractivity contribution in [1.82, 2.24) is 9.80 Å². The summed E-state index contributed by atoms with van der Waals surface area (Å²) in [6.45, 7) is 6.13. The molecule has 0 bridgehead atoms. The molecule has 35 heavy (non-hydrogen) atoms. The third-order valence-corrected chi connectivity index (χ3v) is 8.95. The molecule has 0 radical (unpaired) electrons. The minimum Gasteiger partial charge on any atom is -0.457 e. The molecule has 4 heterocycles. The van der Waals surface area contributed by atoms with Crippen LogP contribution >= 0.6 is 0 Å². The summed E-state index contributed by atoms with van der Waals surface area (Å²) in [6, 6.07) is 3.74. The van der Waals surface area contributed by atoms with Crippen molar-refractivity contribution in [3.63, 3.8) is 0 Å². The lowest BCUT2D eigenvalue weighted by Crippen LogP contribution is -2.45. The molecule has 1 unspecified atom stereocenters. The second-order valence-electron chi connectivity index (χ2n) is 10.9. The quantitative estimate of drug-likeness (QED) is 0.647. The fourth-order valence-corrected chi connectivity index (χ4v) is 6.54. The van der Waals surface area contributed by atoms with Crippen LogP contribution in [0.4, 0.5) is 0 Å². The lowest BCUT2D eigenvalue weighted by molar-refractivity contribution is -0.139. The number of cyclic esters (lactones) is 2. The van der Waals surface area contributed by atoms with E-state index in [1.165, 1.54) is 0 Å². The molecule has 186 valence electrons. The average Bonchev–Trinajstić information content (AvgIpc) is 3.48. The number of hydrogen-bond acceptors (Lipinski definition) is 7. The van der Waals surface area contributed by atoms with E-state index in [4.69, 9.17) is 9.47 Å². The molecule has 2 saturated heterocycles. The fraction of sp³-hybridized carbons (Fsp3) is 0.593. The number of hydrogen-bond donors (Lipinski definition) is 1. The van der Waals surface area contributed by atoms with Crippen LogP contribution in [0.2, 0.25) is 0 Å².